The van der Waals surface area contributed by atoms with Crippen molar-refractivity contribution in [3.05, 3.63) is 100 Å². The molecule has 6 heteroatoms. The number of H-pyrrole nitrogens is 1. The van der Waals surface area contributed by atoms with Crippen LogP contribution in [0.5, 0.6) is 0 Å². The molecule has 0 aliphatic heterocycles. The number of ketones is 1. The van der Waals surface area contributed by atoms with E-state index in [-0.39, 0.29) is 11.7 Å². The largest absolute Gasteiger partial charge is 0.321 e. The molecule has 2 heterocycles. The molecule has 4 aromatic rings. The van der Waals surface area contributed by atoms with Crippen LogP contribution in [0.25, 0.3) is 17.3 Å². The van der Waals surface area contributed by atoms with Crippen LogP contribution in [-0.2, 0) is 0 Å². The number of allylic oxidation sites excluding steroid dienone is 1. The Bertz CT molecular complexity index is 1140. The van der Waals surface area contributed by atoms with Gasteiger partial charge in [0.15, 0.2) is 5.78 Å². The summed E-state index contributed by atoms with van der Waals surface area (Å²) in [6.07, 6.45) is 4.96. The lowest BCUT2D eigenvalue weighted by atomic mass is 10.1. The van der Waals surface area contributed by atoms with Gasteiger partial charge < -0.3 is 5.32 Å². The topological polar surface area (TPSA) is 74.8 Å². The van der Waals surface area contributed by atoms with E-state index in [1.807, 2.05) is 41.8 Å². The van der Waals surface area contributed by atoms with E-state index in [4.69, 9.17) is 0 Å². The van der Waals surface area contributed by atoms with E-state index in [1.54, 1.807) is 42.6 Å². The summed E-state index contributed by atoms with van der Waals surface area (Å²) in [7, 11) is 0. The number of nitrogens with zero attached hydrogens (tertiary/aromatic N) is 1. The van der Waals surface area contributed by atoms with E-state index in [1.165, 1.54) is 17.4 Å². The van der Waals surface area contributed by atoms with Crippen molar-refractivity contribution < 1.29 is 9.59 Å². The van der Waals surface area contributed by atoms with Crippen LogP contribution < -0.4 is 5.32 Å². The fourth-order valence-corrected chi connectivity index (χ4v) is 3.46. The van der Waals surface area contributed by atoms with Gasteiger partial charge in [-0.2, -0.15) is 5.10 Å². The van der Waals surface area contributed by atoms with E-state index < -0.39 is 0 Å². The van der Waals surface area contributed by atoms with Crippen molar-refractivity contribution in [2.45, 2.75) is 0 Å². The van der Waals surface area contributed by atoms with E-state index in [2.05, 4.69) is 15.5 Å². The predicted octanol–water partition coefficient (Wildman–Crippen LogP) is 5.29. The molecule has 1 amide bonds. The lowest BCUT2D eigenvalue weighted by molar-refractivity contribution is 0.102. The standard InChI is InChI=1S/C23H17N3O2S/c27-20(13-10-18-15-24-26-22(18)17-5-2-1-3-6-17)16-8-11-19(12-9-16)25-23(28)21-7-4-14-29-21/h1-15H,(H,24,26)(H,25,28)/b13-10+. The number of aromatic nitrogens is 2. The Kier molecular flexibility index (Phi) is 5.45. The molecule has 0 fully saturated rings. The number of amides is 1. The van der Waals surface area contributed by atoms with Gasteiger partial charge in [0.05, 0.1) is 16.8 Å². The minimum Gasteiger partial charge on any atom is -0.321 e. The third-order valence-corrected chi connectivity index (χ3v) is 5.19. The second kappa shape index (κ2) is 8.50. The number of anilines is 1. The maximum absolute atomic E-state index is 12.5. The zero-order chi connectivity index (χ0) is 20.1. The second-order valence-corrected chi connectivity index (χ2v) is 7.22. The van der Waals surface area contributed by atoms with Gasteiger partial charge in [0.1, 0.15) is 0 Å². The zero-order valence-electron chi connectivity index (χ0n) is 15.3. The molecule has 2 N–H and O–H groups in total. The van der Waals surface area contributed by atoms with Crippen molar-refractivity contribution in [2.24, 2.45) is 0 Å². The van der Waals surface area contributed by atoms with E-state index in [9.17, 15) is 9.59 Å². The summed E-state index contributed by atoms with van der Waals surface area (Å²) >= 11 is 1.38. The molecule has 29 heavy (non-hydrogen) atoms. The fourth-order valence-electron chi connectivity index (χ4n) is 2.84. The van der Waals surface area contributed by atoms with E-state index >= 15 is 0 Å². The molecule has 0 bridgehead atoms. The van der Waals surface area contributed by atoms with Crippen LogP contribution in [0.1, 0.15) is 25.6 Å². The smallest absolute Gasteiger partial charge is 0.265 e. The van der Waals surface area contributed by atoms with Gasteiger partial charge in [-0.25, -0.2) is 0 Å². The van der Waals surface area contributed by atoms with Crippen LogP contribution >= 0.6 is 11.3 Å². The van der Waals surface area contributed by atoms with Gasteiger partial charge in [0, 0.05) is 22.4 Å². The van der Waals surface area contributed by atoms with Gasteiger partial charge in [0.2, 0.25) is 0 Å². The first kappa shape index (κ1) is 18.6. The maximum atomic E-state index is 12.5. The van der Waals surface area contributed by atoms with Crippen molar-refractivity contribution in [1.29, 1.82) is 0 Å². The Morgan fingerprint density at radius 2 is 1.76 bits per heavy atom. The monoisotopic (exact) mass is 399 g/mol. The van der Waals surface area contributed by atoms with E-state index in [0.717, 1.165) is 16.8 Å². The van der Waals surface area contributed by atoms with E-state index in [0.29, 0.717) is 16.1 Å². The van der Waals surface area contributed by atoms with Crippen molar-refractivity contribution in [1.82, 2.24) is 10.2 Å². The minimum absolute atomic E-state index is 0.124. The Balaban J connectivity index is 1.44. The number of benzene rings is 2. The molecule has 0 aliphatic rings. The minimum atomic E-state index is -0.160. The summed E-state index contributed by atoms with van der Waals surface area (Å²) < 4.78 is 0. The van der Waals surface area contributed by atoms with Gasteiger partial charge in [-0.1, -0.05) is 36.4 Å². The molecule has 2 aromatic carbocycles. The quantitative estimate of drug-likeness (QED) is 0.342. The van der Waals surface area contributed by atoms with Crippen LogP contribution in [0.3, 0.4) is 0 Å². The first-order valence-corrected chi connectivity index (χ1v) is 9.85. The molecule has 0 saturated heterocycles. The van der Waals surface area contributed by atoms with Crippen molar-refractivity contribution in [3.63, 3.8) is 0 Å². The summed E-state index contributed by atoms with van der Waals surface area (Å²) in [4.78, 5) is 25.2. The molecule has 0 aliphatic carbocycles. The van der Waals surface area contributed by atoms with Gasteiger partial charge >= 0.3 is 0 Å². The van der Waals surface area contributed by atoms with Crippen molar-refractivity contribution in [2.75, 3.05) is 5.32 Å². The zero-order valence-corrected chi connectivity index (χ0v) is 16.1. The third kappa shape index (κ3) is 4.39. The number of aromatic amines is 1. The second-order valence-electron chi connectivity index (χ2n) is 6.27. The number of thiophene rings is 1. The molecule has 0 radical (unpaired) electrons. The van der Waals surface area contributed by atoms with Crippen LogP contribution in [0, 0.1) is 0 Å². The van der Waals surface area contributed by atoms with Gasteiger partial charge in [-0.15, -0.1) is 11.3 Å². The summed E-state index contributed by atoms with van der Waals surface area (Å²) in [5, 5.41) is 11.7. The Hall–Kier alpha value is -3.77. The highest BCUT2D eigenvalue weighted by atomic mass is 32.1. The first-order chi connectivity index (χ1) is 14.2. The Morgan fingerprint density at radius 1 is 0.966 bits per heavy atom. The van der Waals surface area contributed by atoms with Crippen LogP contribution in [-0.4, -0.2) is 21.9 Å². The number of hydrogen-bond donors (Lipinski definition) is 2. The normalized spacial score (nSPS) is 10.9. The van der Waals surface area contributed by atoms with Crippen LogP contribution in [0.4, 0.5) is 5.69 Å². The molecule has 4 rings (SSSR count). The first-order valence-electron chi connectivity index (χ1n) is 8.97. The molecule has 0 unspecified atom stereocenters. The summed E-state index contributed by atoms with van der Waals surface area (Å²) in [5.74, 6) is -0.284. The number of hydrogen-bond acceptors (Lipinski definition) is 4. The highest BCUT2D eigenvalue weighted by Gasteiger charge is 2.09. The molecular weight excluding hydrogens is 382 g/mol. The highest BCUT2D eigenvalue weighted by Crippen LogP contribution is 2.22. The maximum Gasteiger partial charge on any atom is 0.265 e. The number of nitrogens with one attached hydrogen (secondary N) is 2. The van der Waals surface area contributed by atoms with Gasteiger partial charge in [-0.3, -0.25) is 14.7 Å². The molecule has 0 spiro atoms. The average molecular weight is 399 g/mol. The van der Waals surface area contributed by atoms with Crippen molar-refractivity contribution >= 4 is 34.8 Å². The predicted molar refractivity (Wildman–Crippen MR) is 116 cm³/mol. The summed E-state index contributed by atoms with van der Waals surface area (Å²) in [6, 6.07) is 20.3. The Morgan fingerprint density at radius 3 is 2.48 bits per heavy atom. The number of carbonyl (C=O) groups excluding carboxylic acids is 2. The van der Waals surface area contributed by atoms with Gasteiger partial charge in [0.25, 0.3) is 5.91 Å². The fraction of sp³-hybridized carbons (Fsp3) is 0. The molecule has 0 saturated carbocycles. The number of rotatable bonds is 6. The molecular formula is C23H17N3O2S. The number of carbonyl (C=O) groups is 2. The van der Waals surface area contributed by atoms with Gasteiger partial charge in [-0.05, 0) is 47.9 Å². The van der Waals surface area contributed by atoms with Crippen molar-refractivity contribution in [3.8, 4) is 11.3 Å². The molecule has 142 valence electrons. The SMILES string of the molecule is O=C(/C=C/c1cn[nH]c1-c1ccccc1)c1ccc(NC(=O)c2cccs2)cc1. The average Bonchev–Trinajstić information content (AvgIpc) is 3.45. The summed E-state index contributed by atoms with van der Waals surface area (Å²) in [5.41, 5.74) is 3.89. The molecule has 2 aromatic heterocycles. The lowest BCUT2D eigenvalue weighted by Crippen LogP contribution is -2.10. The summed E-state index contributed by atoms with van der Waals surface area (Å²) in [6.45, 7) is 0. The highest BCUT2D eigenvalue weighted by molar-refractivity contribution is 7.12. The lowest BCUT2D eigenvalue weighted by Gasteiger charge is -2.04. The third-order valence-electron chi connectivity index (χ3n) is 4.32. The molecule has 5 nitrogen and oxygen atoms in total. The Labute approximate surface area is 171 Å². The van der Waals surface area contributed by atoms with Crippen LogP contribution in [0.15, 0.2) is 84.4 Å². The molecule has 0 atom stereocenters. The van der Waals surface area contributed by atoms with Crippen LogP contribution in [0.2, 0.25) is 0 Å².